The molecule has 0 aliphatic carbocycles. The fraction of sp³-hybridized carbons (Fsp3) is 0.133. The van der Waals surface area contributed by atoms with Crippen molar-refractivity contribution in [2.75, 3.05) is 11.1 Å². The summed E-state index contributed by atoms with van der Waals surface area (Å²) in [5, 5.41) is 2.75. The molecular formula is C15H15NO2S. The Morgan fingerprint density at radius 1 is 1.11 bits per heavy atom. The first-order valence-electron chi connectivity index (χ1n) is 5.95. The number of carbonyl (C=O) groups excluding carboxylic acids is 1. The van der Waals surface area contributed by atoms with Crippen molar-refractivity contribution in [1.82, 2.24) is 0 Å². The maximum absolute atomic E-state index is 12.0. The maximum atomic E-state index is 12.0. The summed E-state index contributed by atoms with van der Waals surface area (Å²) in [5.74, 6) is -0.273. The van der Waals surface area contributed by atoms with Gasteiger partial charge in [-0.1, -0.05) is 30.3 Å². The van der Waals surface area contributed by atoms with E-state index < -0.39 is 10.8 Å². The minimum atomic E-state index is -1.30. The van der Waals surface area contributed by atoms with E-state index in [2.05, 4.69) is 5.32 Å². The second-order valence-corrected chi connectivity index (χ2v) is 5.67. The zero-order chi connectivity index (χ0) is 13.7. The van der Waals surface area contributed by atoms with Gasteiger partial charge in [0.2, 0.25) is 5.91 Å². The number of hydrogen-bond acceptors (Lipinski definition) is 2. The minimum absolute atomic E-state index is 0.0298. The van der Waals surface area contributed by atoms with E-state index in [1.165, 1.54) is 0 Å². The number of rotatable bonds is 4. The molecule has 0 aliphatic rings. The summed E-state index contributed by atoms with van der Waals surface area (Å²) >= 11 is 0. The molecular weight excluding hydrogens is 258 g/mol. The van der Waals surface area contributed by atoms with Crippen LogP contribution in [0.3, 0.4) is 0 Å². The maximum Gasteiger partial charge on any atom is 0.237 e. The van der Waals surface area contributed by atoms with Gasteiger partial charge in [0.15, 0.2) is 0 Å². The van der Waals surface area contributed by atoms with E-state index in [0.29, 0.717) is 4.90 Å². The molecule has 4 heteroatoms. The molecule has 0 bridgehead atoms. The van der Waals surface area contributed by atoms with E-state index in [4.69, 9.17) is 0 Å². The highest BCUT2D eigenvalue weighted by Gasteiger charge is 2.10. The Bertz CT molecular complexity index is 596. The lowest BCUT2D eigenvalue weighted by atomic mass is 10.2. The fourth-order valence-electron chi connectivity index (χ4n) is 1.69. The molecule has 19 heavy (non-hydrogen) atoms. The van der Waals surface area contributed by atoms with Crippen LogP contribution in [0.5, 0.6) is 0 Å². The van der Waals surface area contributed by atoms with Crippen LogP contribution >= 0.6 is 0 Å². The molecule has 98 valence electrons. The Morgan fingerprint density at radius 2 is 1.84 bits per heavy atom. The smallest absolute Gasteiger partial charge is 0.237 e. The Balaban J connectivity index is 1.97. The summed E-state index contributed by atoms with van der Waals surface area (Å²) in [4.78, 5) is 12.5. The van der Waals surface area contributed by atoms with E-state index in [0.717, 1.165) is 11.3 Å². The largest absolute Gasteiger partial charge is 0.325 e. The van der Waals surface area contributed by atoms with Gasteiger partial charge >= 0.3 is 0 Å². The van der Waals surface area contributed by atoms with Crippen LogP contribution in [0.2, 0.25) is 0 Å². The first-order valence-corrected chi connectivity index (χ1v) is 7.27. The highest BCUT2D eigenvalue weighted by Crippen LogP contribution is 2.10. The highest BCUT2D eigenvalue weighted by atomic mass is 32.2. The third-order valence-corrected chi connectivity index (χ3v) is 3.89. The monoisotopic (exact) mass is 273 g/mol. The number of benzene rings is 2. The summed E-state index contributed by atoms with van der Waals surface area (Å²) in [5.41, 5.74) is 1.80. The molecule has 0 fully saturated rings. The zero-order valence-corrected chi connectivity index (χ0v) is 11.4. The van der Waals surface area contributed by atoms with Crippen LogP contribution in [0.15, 0.2) is 59.5 Å². The zero-order valence-electron chi connectivity index (χ0n) is 10.6. The van der Waals surface area contributed by atoms with Gasteiger partial charge in [-0.15, -0.1) is 0 Å². The molecule has 1 atom stereocenters. The fourth-order valence-corrected chi connectivity index (χ4v) is 2.63. The molecule has 2 aromatic rings. The second-order valence-electron chi connectivity index (χ2n) is 4.22. The average molecular weight is 273 g/mol. The normalized spacial score (nSPS) is 11.8. The molecule has 2 rings (SSSR count). The first kappa shape index (κ1) is 13.5. The summed E-state index contributed by atoms with van der Waals surface area (Å²) in [6.45, 7) is 1.96. The Hall–Kier alpha value is -1.94. The van der Waals surface area contributed by atoms with Crippen molar-refractivity contribution in [2.24, 2.45) is 0 Å². The van der Waals surface area contributed by atoms with Gasteiger partial charge in [0, 0.05) is 10.6 Å². The molecule has 0 saturated carbocycles. The molecule has 1 unspecified atom stereocenters. The third kappa shape index (κ3) is 4.03. The van der Waals surface area contributed by atoms with Crippen molar-refractivity contribution in [3.63, 3.8) is 0 Å². The van der Waals surface area contributed by atoms with E-state index in [1.807, 2.05) is 49.4 Å². The van der Waals surface area contributed by atoms with Crippen LogP contribution in [-0.2, 0) is 15.6 Å². The second kappa shape index (κ2) is 6.29. The number of aryl methyl sites for hydroxylation is 1. The predicted molar refractivity (Wildman–Crippen MR) is 77.5 cm³/mol. The van der Waals surface area contributed by atoms with Crippen molar-refractivity contribution < 1.29 is 9.00 Å². The standard InChI is InChI=1S/C15H15NO2S/c1-12-6-5-7-13(10-12)16-15(17)11-19(18)14-8-3-2-4-9-14/h2-10H,11H2,1H3,(H,16,17). The van der Waals surface area contributed by atoms with E-state index >= 15 is 0 Å². The molecule has 0 aliphatic heterocycles. The van der Waals surface area contributed by atoms with Crippen LogP contribution in [0.25, 0.3) is 0 Å². The van der Waals surface area contributed by atoms with Gasteiger partial charge in [0.25, 0.3) is 0 Å². The quantitative estimate of drug-likeness (QED) is 0.931. The van der Waals surface area contributed by atoms with Crippen molar-refractivity contribution in [3.8, 4) is 0 Å². The van der Waals surface area contributed by atoms with Crippen molar-refractivity contribution in [2.45, 2.75) is 11.8 Å². The highest BCUT2D eigenvalue weighted by molar-refractivity contribution is 7.85. The number of nitrogens with one attached hydrogen (secondary N) is 1. The number of carbonyl (C=O) groups is 1. The number of amides is 1. The Morgan fingerprint density at radius 3 is 2.53 bits per heavy atom. The Kier molecular flexibility index (Phi) is 4.47. The molecule has 0 spiro atoms. The topological polar surface area (TPSA) is 46.2 Å². The molecule has 0 aromatic heterocycles. The van der Waals surface area contributed by atoms with Crippen molar-refractivity contribution >= 4 is 22.4 Å². The van der Waals surface area contributed by atoms with Crippen LogP contribution in [-0.4, -0.2) is 15.9 Å². The van der Waals surface area contributed by atoms with Gasteiger partial charge in [-0.25, -0.2) is 0 Å². The minimum Gasteiger partial charge on any atom is -0.325 e. The number of hydrogen-bond donors (Lipinski definition) is 1. The summed E-state index contributed by atoms with van der Waals surface area (Å²) in [7, 11) is -1.30. The van der Waals surface area contributed by atoms with E-state index in [1.54, 1.807) is 12.1 Å². The molecule has 0 saturated heterocycles. The van der Waals surface area contributed by atoms with Gasteiger partial charge in [-0.3, -0.25) is 9.00 Å². The van der Waals surface area contributed by atoms with Gasteiger partial charge in [-0.05, 0) is 36.8 Å². The van der Waals surface area contributed by atoms with Crippen LogP contribution in [0.1, 0.15) is 5.56 Å². The summed E-state index contributed by atoms with van der Waals surface area (Å²) in [6.07, 6.45) is 0. The molecule has 2 aromatic carbocycles. The SMILES string of the molecule is Cc1cccc(NC(=O)CS(=O)c2ccccc2)c1. The predicted octanol–water partition coefficient (Wildman–Crippen LogP) is 2.74. The summed E-state index contributed by atoms with van der Waals surface area (Å²) in [6, 6.07) is 16.5. The van der Waals surface area contributed by atoms with Crippen LogP contribution < -0.4 is 5.32 Å². The molecule has 3 nitrogen and oxygen atoms in total. The third-order valence-electron chi connectivity index (χ3n) is 2.57. The summed E-state index contributed by atoms with van der Waals surface area (Å²) < 4.78 is 12.0. The van der Waals surface area contributed by atoms with E-state index in [-0.39, 0.29) is 11.7 Å². The average Bonchev–Trinajstić information content (AvgIpc) is 2.39. The lowest BCUT2D eigenvalue weighted by Gasteiger charge is -2.06. The molecule has 0 heterocycles. The Labute approximate surface area is 115 Å². The molecule has 1 amide bonds. The molecule has 1 N–H and O–H groups in total. The van der Waals surface area contributed by atoms with Crippen molar-refractivity contribution in [1.29, 1.82) is 0 Å². The van der Waals surface area contributed by atoms with Gasteiger partial charge < -0.3 is 5.32 Å². The van der Waals surface area contributed by atoms with E-state index in [9.17, 15) is 9.00 Å². The first-order chi connectivity index (χ1) is 9.15. The molecule has 0 radical (unpaired) electrons. The van der Waals surface area contributed by atoms with Crippen LogP contribution in [0, 0.1) is 6.92 Å². The lowest BCUT2D eigenvalue weighted by molar-refractivity contribution is -0.113. The van der Waals surface area contributed by atoms with Gasteiger partial charge in [-0.2, -0.15) is 0 Å². The van der Waals surface area contributed by atoms with Gasteiger partial charge in [0.1, 0.15) is 5.75 Å². The number of anilines is 1. The van der Waals surface area contributed by atoms with Crippen molar-refractivity contribution in [3.05, 3.63) is 60.2 Å². The van der Waals surface area contributed by atoms with Gasteiger partial charge in [0.05, 0.1) is 10.8 Å². The van der Waals surface area contributed by atoms with Crippen LogP contribution in [0.4, 0.5) is 5.69 Å². The lowest BCUT2D eigenvalue weighted by Crippen LogP contribution is -2.19.